The van der Waals surface area contributed by atoms with Gasteiger partial charge in [0.1, 0.15) is 43.2 Å². The Labute approximate surface area is 192 Å². The van der Waals surface area contributed by atoms with Crippen molar-refractivity contribution in [2.75, 3.05) is 13.7 Å². The van der Waals surface area contributed by atoms with E-state index in [1.165, 1.54) is 0 Å². The SMILES string of the molecule is C/C=C/COc1cc(C)c(OC2CCCC(Oc3ccc(/C(C)=N\OC)cc3)C2)c(C)c1. The van der Waals surface area contributed by atoms with Crippen LogP contribution in [0.3, 0.4) is 0 Å². The Morgan fingerprint density at radius 3 is 2.28 bits per heavy atom. The normalized spacial score (nSPS) is 19.1. The summed E-state index contributed by atoms with van der Waals surface area (Å²) in [5, 5.41) is 3.98. The zero-order valence-corrected chi connectivity index (χ0v) is 19.9. The quantitative estimate of drug-likeness (QED) is 0.259. The summed E-state index contributed by atoms with van der Waals surface area (Å²) in [5.74, 6) is 2.72. The molecular weight excluding hydrogens is 402 g/mol. The Bertz CT molecular complexity index is 910. The van der Waals surface area contributed by atoms with E-state index in [4.69, 9.17) is 19.0 Å². The fourth-order valence-electron chi connectivity index (χ4n) is 4.06. The third-order valence-corrected chi connectivity index (χ3v) is 5.68. The van der Waals surface area contributed by atoms with Crippen LogP contribution in [0.1, 0.15) is 56.2 Å². The maximum absolute atomic E-state index is 6.46. The minimum atomic E-state index is 0.149. The first-order valence-electron chi connectivity index (χ1n) is 11.4. The molecule has 2 aromatic carbocycles. The highest BCUT2D eigenvalue weighted by Crippen LogP contribution is 2.33. The number of ether oxygens (including phenoxy) is 3. The van der Waals surface area contributed by atoms with Crippen LogP contribution in [-0.2, 0) is 4.84 Å². The second-order valence-electron chi connectivity index (χ2n) is 8.30. The molecule has 2 atom stereocenters. The number of oxime groups is 1. The predicted octanol–water partition coefficient (Wildman–Crippen LogP) is 6.40. The number of nitrogens with zero attached hydrogens (tertiary/aromatic N) is 1. The molecule has 5 nitrogen and oxygen atoms in total. The Balaban J connectivity index is 1.60. The van der Waals surface area contributed by atoms with Crippen molar-refractivity contribution < 1.29 is 19.0 Å². The lowest BCUT2D eigenvalue weighted by Gasteiger charge is -2.31. The Morgan fingerprint density at radius 1 is 1.00 bits per heavy atom. The van der Waals surface area contributed by atoms with Crippen LogP contribution < -0.4 is 14.2 Å². The molecule has 0 aromatic heterocycles. The number of rotatable bonds is 9. The van der Waals surface area contributed by atoms with E-state index in [0.29, 0.717) is 6.61 Å². The van der Waals surface area contributed by atoms with Crippen molar-refractivity contribution in [1.29, 1.82) is 0 Å². The number of benzene rings is 2. The first-order valence-corrected chi connectivity index (χ1v) is 11.4. The number of allylic oxidation sites excluding steroid dienone is 1. The van der Waals surface area contributed by atoms with Gasteiger partial charge < -0.3 is 19.0 Å². The van der Waals surface area contributed by atoms with Crippen molar-refractivity contribution in [3.05, 3.63) is 65.2 Å². The summed E-state index contributed by atoms with van der Waals surface area (Å²) in [4.78, 5) is 4.85. The first kappa shape index (κ1) is 23.7. The van der Waals surface area contributed by atoms with Crippen LogP contribution in [-0.4, -0.2) is 31.6 Å². The van der Waals surface area contributed by atoms with Gasteiger partial charge >= 0.3 is 0 Å². The molecule has 0 radical (unpaired) electrons. The van der Waals surface area contributed by atoms with E-state index in [9.17, 15) is 0 Å². The molecule has 32 heavy (non-hydrogen) atoms. The molecule has 3 rings (SSSR count). The van der Waals surface area contributed by atoms with Gasteiger partial charge in [0.05, 0.1) is 5.71 Å². The predicted molar refractivity (Wildman–Crippen MR) is 129 cm³/mol. The highest BCUT2D eigenvalue weighted by atomic mass is 16.6. The molecule has 0 amide bonds. The van der Waals surface area contributed by atoms with Crippen molar-refractivity contribution in [1.82, 2.24) is 0 Å². The minimum Gasteiger partial charge on any atom is -0.490 e. The maximum atomic E-state index is 6.46. The molecule has 1 saturated carbocycles. The highest BCUT2D eigenvalue weighted by Gasteiger charge is 2.26. The summed E-state index contributed by atoms with van der Waals surface area (Å²) >= 11 is 0. The summed E-state index contributed by atoms with van der Waals surface area (Å²) in [6, 6.07) is 12.1. The smallest absolute Gasteiger partial charge is 0.125 e. The van der Waals surface area contributed by atoms with Gasteiger partial charge in [0.25, 0.3) is 0 Å². The molecule has 0 saturated heterocycles. The van der Waals surface area contributed by atoms with E-state index in [0.717, 1.165) is 65.3 Å². The molecule has 0 N–H and O–H groups in total. The summed E-state index contributed by atoms with van der Waals surface area (Å²) < 4.78 is 18.5. The summed E-state index contributed by atoms with van der Waals surface area (Å²) in [7, 11) is 1.55. The highest BCUT2D eigenvalue weighted by molar-refractivity contribution is 5.98. The van der Waals surface area contributed by atoms with Crippen LogP contribution >= 0.6 is 0 Å². The zero-order chi connectivity index (χ0) is 22.9. The van der Waals surface area contributed by atoms with Crippen molar-refractivity contribution in [3.8, 4) is 17.2 Å². The zero-order valence-electron chi connectivity index (χ0n) is 19.9. The second-order valence-corrected chi connectivity index (χ2v) is 8.30. The van der Waals surface area contributed by atoms with Crippen molar-refractivity contribution in [3.63, 3.8) is 0 Å². The molecule has 1 fully saturated rings. The van der Waals surface area contributed by atoms with Gasteiger partial charge in [0, 0.05) is 6.42 Å². The molecule has 0 bridgehead atoms. The van der Waals surface area contributed by atoms with E-state index < -0.39 is 0 Å². The summed E-state index contributed by atoms with van der Waals surface area (Å²) in [6.45, 7) is 8.66. The van der Waals surface area contributed by atoms with Crippen LogP contribution in [0.25, 0.3) is 0 Å². The largest absolute Gasteiger partial charge is 0.490 e. The van der Waals surface area contributed by atoms with E-state index in [1.807, 2.05) is 50.3 Å². The summed E-state index contributed by atoms with van der Waals surface area (Å²) in [5.41, 5.74) is 4.07. The van der Waals surface area contributed by atoms with Crippen LogP contribution in [0.15, 0.2) is 53.7 Å². The van der Waals surface area contributed by atoms with Gasteiger partial charge in [-0.05, 0) is 100 Å². The third-order valence-electron chi connectivity index (χ3n) is 5.68. The number of hydrogen-bond donors (Lipinski definition) is 0. The second kappa shape index (κ2) is 11.6. The lowest BCUT2D eigenvalue weighted by molar-refractivity contribution is 0.0672. The average molecular weight is 438 g/mol. The van der Waals surface area contributed by atoms with E-state index in [1.54, 1.807) is 7.11 Å². The lowest BCUT2D eigenvalue weighted by atomic mass is 9.94. The van der Waals surface area contributed by atoms with Gasteiger partial charge in [-0.1, -0.05) is 17.3 Å². The standard InChI is InChI=1S/C27H35NO4/c1-6-7-15-30-26-16-19(2)27(20(3)17-26)32-25-10-8-9-24(18-25)31-23-13-11-22(12-14-23)21(4)28-29-5/h6-7,11-14,16-17,24-25H,8-10,15,18H2,1-5H3/b7-6+,28-21-. The maximum Gasteiger partial charge on any atom is 0.125 e. The lowest BCUT2D eigenvalue weighted by Crippen LogP contribution is -2.32. The van der Waals surface area contributed by atoms with Crippen LogP contribution in [0, 0.1) is 13.8 Å². The molecule has 0 spiro atoms. The van der Waals surface area contributed by atoms with Gasteiger partial charge in [-0.2, -0.15) is 0 Å². The third kappa shape index (κ3) is 6.52. The Hall–Kier alpha value is -2.95. The van der Waals surface area contributed by atoms with Gasteiger partial charge in [0.15, 0.2) is 0 Å². The monoisotopic (exact) mass is 437 g/mol. The Kier molecular flexibility index (Phi) is 8.60. The molecule has 5 heteroatoms. The van der Waals surface area contributed by atoms with E-state index in [-0.39, 0.29) is 12.2 Å². The molecule has 1 aliphatic rings. The molecule has 172 valence electrons. The molecule has 1 aliphatic carbocycles. The van der Waals surface area contributed by atoms with Gasteiger partial charge in [-0.25, -0.2) is 0 Å². The fourth-order valence-corrected chi connectivity index (χ4v) is 4.06. The van der Waals surface area contributed by atoms with Gasteiger partial charge in [-0.3, -0.25) is 0 Å². The van der Waals surface area contributed by atoms with Gasteiger partial charge in [0.2, 0.25) is 0 Å². The topological polar surface area (TPSA) is 49.3 Å². The van der Waals surface area contributed by atoms with Crippen molar-refractivity contribution in [2.45, 2.75) is 65.6 Å². The van der Waals surface area contributed by atoms with Crippen LogP contribution in [0.2, 0.25) is 0 Å². The fraction of sp³-hybridized carbons (Fsp3) is 0.444. The van der Waals surface area contributed by atoms with Gasteiger partial charge in [-0.15, -0.1) is 0 Å². The molecule has 2 unspecified atom stereocenters. The molecule has 0 aliphatic heterocycles. The Morgan fingerprint density at radius 2 is 1.66 bits per heavy atom. The van der Waals surface area contributed by atoms with Crippen LogP contribution in [0.5, 0.6) is 17.2 Å². The average Bonchev–Trinajstić information content (AvgIpc) is 2.77. The van der Waals surface area contributed by atoms with E-state index >= 15 is 0 Å². The summed E-state index contributed by atoms with van der Waals surface area (Å²) in [6.07, 6.45) is 8.35. The molecule has 2 aromatic rings. The first-order chi connectivity index (χ1) is 15.5. The van der Waals surface area contributed by atoms with Crippen molar-refractivity contribution in [2.24, 2.45) is 5.16 Å². The van der Waals surface area contributed by atoms with Crippen molar-refractivity contribution >= 4 is 5.71 Å². The van der Waals surface area contributed by atoms with Crippen LogP contribution in [0.4, 0.5) is 0 Å². The number of aryl methyl sites for hydroxylation is 2. The van der Waals surface area contributed by atoms with E-state index in [2.05, 4.69) is 31.1 Å². The number of hydrogen-bond acceptors (Lipinski definition) is 5. The minimum absolute atomic E-state index is 0.149. The molecular formula is C27H35NO4. The molecule has 0 heterocycles.